The molecule has 0 atom stereocenters. The molecule has 0 aliphatic rings. The van der Waals surface area contributed by atoms with Crippen LogP contribution in [-0.4, -0.2) is 33.7 Å². The molecule has 0 aliphatic carbocycles. The lowest BCUT2D eigenvalue weighted by Gasteiger charge is -2.27. The van der Waals surface area contributed by atoms with Crippen LogP contribution in [-0.2, 0) is 14.8 Å². The summed E-state index contributed by atoms with van der Waals surface area (Å²) >= 11 is 5.74. The number of anilines is 2. The van der Waals surface area contributed by atoms with Gasteiger partial charge in [-0.2, -0.15) is 0 Å². The number of nitrogens with zero attached hydrogens (tertiary/aromatic N) is 2. The number of likely N-dealkylation sites (N-methyl/N-ethyl adjacent to an activating group) is 1. The number of halogens is 2. The Morgan fingerprint density at radius 2 is 1.76 bits per heavy atom. The van der Waals surface area contributed by atoms with Gasteiger partial charge in [-0.25, -0.2) is 12.8 Å². The molecule has 0 spiro atoms. The van der Waals surface area contributed by atoms with Crippen LogP contribution in [0.25, 0.3) is 0 Å². The van der Waals surface area contributed by atoms with Gasteiger partial charge in [0, 0.05) is 12.2 Å². The molecule has 0 N–H and O–H groups in total. The number of sulfonamides is 1. The molecular weight excluding hydrogens is 367 g/mol. The van der Waals surface area contributed by atoms with E-state index in [0.717, 1.165) is 16.6 Å². The maximum atomic E-state index is 13.4. The summed E-state index contributed by atoms with van der Waals surface area (Å²) in [6.07, 6.45) is 0.982. The van der Waals surface area contributed by atoms with Crippen LogP contribution in [0.4, 0.5) is 15.8 Å². The maximum Gasteiger partial charge on any atom is 0.247 e. The zero-order valence-electron chi connectivity index (χ0n) is 13.8. The Morgan fingerprint density at radius 1 is 1.12 bits per heavy atom. The van der Waals surface area contributed by atoms with Gasteiger partial charge in [0.1, 0.15) is 12.4 Å². The standard InChI is InChI=1S/C17H18ClFN2O3S/c1-3-20(13-7-5-4-6-8-13)17(22)12-21(25(2,23)24)14-9-10-16(19)15(18)11-14/h4-11H,3,12H2,1-2H3. The molecule has 2 rings (SSSR count). The van der Waals surface area contributed by atoms with Crippen LogP contribution in [0.1, 0.15) is 6.92 Å². The zero-order chi connectivity index (χ0) is 18.6. The highest BCUT2D eigenvalue weighted by atomic mass is 35.5. The Kier molecular flexibility index (Phi) is 6.02. The van der Waals surface area contributed by atoms with Gasteiger partial charge in [0.15, 0.2) is 0 Å². The van der Waals surface area contributed by atoms with Crippen LogP contribution in [0, 0.1) is 5.82 Å². The van der Waals surface area contributed by atoms with Gasteiger partial charge in [-0.05, 0) is 37.3 Å². The van der Waals surface area contributed by atoms with Crippen LogP contribution in [0.5, 0.6) is 0 Å². The van der Waals surface area contributed by atoms with Crippen LogP contribution < -0.4 is 9.21 Å². The van der Waals surface area contributed by atoms with Gasteiger partial charge in [0.05, 0.1) is 17.0 Å². The molecule has 8 heteroatoms. The molecule has 0 saturated carbocycles. The molecule has 1 amide bonds. The first-order valence-corrected chi connectivity index (χ1v) is 9.75. The quantitative estimate of drug-likeness (QED) is 0.767. The Labute approximate surface area is 151 Å². The van der Waals surface area contributed by atoms with Crippen molar-refractivity contribution in [3.05, 3.63) is 59.4 Å². The lowest BCUT2D eigenvalue weighted by atomic mass is 10.2. The van der Waals surface area contributed by atoms with E-state index in [1.165, 1.54) is 17.0 Å². The third kappa shape index (κ3) is 4.70. The first-order valence-electron chi connectivity index (χ1n) is 7.52. The fourth-order valence-electron chi connectivity index (χ4n) is 2.36. The normalized spacial score (nSPS) is 11.2. The van der Waals surface area contributed by atoms with Gasteiger partial charge < -0.3 is 4.90 Å². The summed E-state index contributed by atoms with van der Waals surface area (Å²) in [4.78, 5) is 14.1. The van der Waals surface area contributed by atoms with Crippen LogP contribution in [0.15, 0.2) is 48.5 Å². The summed E-state index contributed by atoms with van der Waals surface area (Å²) in [5.41, 5.74) is 0.798. The zero-order valence-corrected chi connectivity index (χ0v) is 15.4. The predicted octanol–water partition coefficient (Wildman–Crippen LogP) is 3.30. The molecule has 134 valence electrons. The summed E-state index contributed by atoms with van der Waals surface area (Å²) in [6.45, 7) is 1.76. The van der Waals surface area contributed by atoms with Crippen molar-refractivity contribution in [2.24, 2.45) is 0 Å². The molecule has 0 bridgehead atoms. The number of hydrogen-bond acceptors (Lipinski definition) is 3. The molecule has 0 saturated heterocycles. The van der Waals surface area contributed by atoms with Crippen molar-refractivity contribution in [1.82, 2.24) is 0 Å². The Bertz CT molecular complexity index is 859. The van der Waals surface area contributed by atoms with Gasteiger partial charge in [0.2, 0.25) is 15.9 Å². The highest BCUT2D eigenvalue weighted by molar-refractivity contribution is 7.92. The van der Waals surface area contributed by atoms with Crippen molar-refractivity contribution in [2.45, 2.75) is 6.92 Å². The summed E-state index contributed by atoms with van der Waals surface area (Å²) in [5.74, 6) is -1.07. The first-order chi connectivity index (χ1) is 11.7. The number of benzene rings is 2. The van der Waals surface area contributed by atoms with Crippen LogP contribution in [0.2, 0.25) is 5.02 Å². The summed E-state index contributed by atoms with van der Waals surface area (Å²) in [5, 5.41) is -0.214. The monoisotopic (exact) mass is 384 g/mol. The molecule has 25 heavy (non-hydrogen) atoms. The molecule has 0 fully saturated rings. The van der Waals surface area contributed by atoms with Gasteiger partial charge in [-0.1, -0.05) is 29.8 Å². The number of hydrogen-bond donors (Lipinski definition) is 0. The van der Waals surface area contributed by atoms with Crippen molar-refractivity contribution < 1.29 is 17.6 Å². The average molecular weight is 385 g/mol. The molecule has 5 nitrogen and oxygen atoms in total. The largest absolute Gasteiger partial charge is 0.311 e. The smallest absolute Gasteiger partial charge is 0.247 e. The lowest BCUT2D eigenvalue weighted by Crippen LogP contribution is -2.42. The van der Waals surface area contributed by atoms with Crippen molar-refractivity contribution in [1.29, 1.82) is 0 Å². The van der Waals surface area contributed by atoms with E-state index in [1.807, 2.05) is 6.07 Å². The molecule has 0 aromatic heterocycles. The fraction of sp³-hybridized carbons (Fsp3) is 0.235. The topological polar surface area (TPSA) is 57.7 Å². The number of para-hydroxylation sites is 1. The van der Waals surface area contributed by atoms with E-state index in [0.29, 0.717) is 12.2 Å². The third-order valence-corrected chi connectivity index (χ3v) is 4.99. The lowest BCUT2D eigenvalue weighted by molar-refractivity contribution is -0.117. The number of carbonyl (C=O) groups excluding carboxylic acids is 1. The second-order valence-electron chi connectivity index (χ2n) is 5.34. The molecule has 0 unspecified atom stereocenters. The van der Waals surface area contributed by atoms with Crippen LogP contribution >= 0.6 is 11.6 Å². The Morgan fingerprint density at radius 3 is 2.28 bits per heavy atom. The summed E-state index contributed by atoms with van der Waals surface area (Å²) in [7, 11) is -3.76. The van der Waals surface area contributed by atoms with Crippen molar-refractivity contribution >= 4 is 38.9 Å². The second kappa shape index (κ2) is 7.84. The first kappa shape index (κ1) is 19.2. The minimum Gasteiger partial charge on any atom is -0.311 e. The van der Waals surface area contributed by atoms with Crippen LogP contribution in [0.3, 0.4) is 0 Å². The second-order valence-corrected chi connectivity index (χ2v) is 7.66. The molecule has 0 aliphatic heterocycles. The van der Waals surface area contributed by atoms with E-state index in [9.17, 15) is 17.6 Å². The predicted molar refractivity (Wildman–Crippen MR) is 98.1 cm³/mol. The van der Waals surface area contributed by atoms with Crippen molar-refractivity contribution in [2.75, 3.05) is 28.6 Å². The summed E-state index contributed by atoms with van der Waals surface area (Å²) < 4.78 is 38.5. The van der Waals surface area contributed by atoms with Gasteiger partial charge in [0.25, 0.3) is 0 Å². The van der Waals surface area contributed by atoms with E-state index < -0.39 is 28.3 Å². The molecule has 2 aromatic carbocycles. The number of amides is 1. The Hall–Kier alpha value is -2.12. The van der Waals surface area contributed by atoms with Crippen molar-refractivity contribution in [3.63, 3.8) is 0 Å². The van der Waals surface area contributed by atoms with E-state index >= 15 is 0 Å². The fourth-order valence-corrected chi connectivity index (χ4v) is 3.38. The van der Waals surface area contributed by atoms with Crippen molar-refractivity contribution in [3.8, 4) is 0 Å². The Balaban J connectivity index is 2.34. The molecular formula is C17H18ClFN2O3S. The van der Waals surface area contributed by atoms with E-state index in [-0.39, 0.29) is 10.7 Å². The van der Waals surface area contributed by atoms with E-state index in [1.54, 1.807) is 31.2 Å². The highest BCUT2D eigenvalue weighted by Gasteiger charge is 2.24. The van der Waals surface area contributed by atoms with E-state index in [4.69, 9.17) is 11.6 Å². The molecule has 0 radical (unpaired) electrons. The minimum atomic E-state index is -3.76. The molecule has 0 heterocycles. The maximum absolute atomic E-state index is 13.4. The number of carbonyl (C=O) groups is 1. The summed E-state index contributed by atoms with van der Waals surface area (Å²) in [6, 6.07) is 12.5. The van der Waals surface area contributed by atoms with Gasteiger partial charge in [-0.15, -0.1) is 0 Å². The van der Waals surface area contributed by atoms with Gasteiger partial charge >= 0.3 is 0 Å². The van der Waals surface area contributed by atoms with Gasteiger partial charge in [-0.3, -0.25) is 9.10 Å². The SMILES string of the molecule is CCN(C(=O)CN(c1ccc(F)c(Cl)c1)S(C)(=O)=O)c1ccccc1. The van der Waals surface area contributed by atoms with E-state index in [2.05, 4.69) is 0 Å². The average Bonchev–Trinajstić information content (AvgIpc) is 2.56. The number of rotatable bonds is 6. The molecule has 2 aromatic rings. The minimum absolute atomic E-state index is 0.131. The highest BCUT2D eigenvalue weighted by Crippen LogP contribution is 2.25. The third-order valence-electron chi connectivity index (χ3n) is 3.56.